The van der Waals surface area contributed by atoms with Crippen LogP contribution in [0.5, 0.6) is 0 Å². The second kappa shape index (κ2) is 8.29. The van der Waals surface area contributed by atoms with Gasteiger partial charge in [-0.25, -0.2) is 0 Å². The van der Waals surface area contributed by atoms with E-state index in [-0.39, 0.29) is 0 Å². The molecule has 0 bridgehead atoms. The molecule has 28 heavy (non-hydrogen) atoms. The van der Waals surface area contributed by atoms with E-state index >= 15 is 0 Å². The van der Waals surface area contributed by atoms with Gasteiger partial charge in [-0.05, 0) is 23.8 Å². The van der Waals surface area contributed by atoms with Crippen molar-refractivity contribution >= 4 is 70.2 Å². The Labute approximate surface area is 189 Å². The molecule has 2 atom stereocenters. The van der Waals surface area contributed by atoms with Crippen molar-refractivity contribution in [1.29, 1.82) is 0 Å². The number of halogens is 6. The first-order chi connectivity index (χ1) is 12.5. The molecule has 1 aliphatic rings. The van der Waals surface area contributed by atoms with Crippen LogP contribution in [0.2, 0.25) is 19.6 Å². The fourth-order valence-corrected chi connectivity index (χ4v) is 3.33. The maximum absolute atomic E-state index is 5.42. The van der Waals surface area contributed by atoms with Crippen molar-refractivity contribution in [3.8, 4) is 11.5 Å². The monoisotopic (exact) mass is 620 g/mol. The molecule has 1 aliphatic carbocycles. The molecule has 1 fully saturated rings. The molecule has 0 spiro atoms. The minimum absolute atomic E-state index is 0.404. The van der Waals surface area contributed by atoms with Gasteiger partial charge in [0.25, 0.3) is 0 Å². The van der Waals surface area contributed by atoms with Gasteiger partial charge in [-0.15, -0.1) is 5.54 Å². The van der Waals surface area contributed by atoms with E-state index in [1.54, 1.807) is 0 Å². The average molecular weight is 624 g/mol. The van der Waals surface area contributed by atoms with Crippen molar-refractivity contribution in [1.82, 2.24) is 0 Å². The summed E-state index contributed by atoms with van der Waals surface area (Å²) >= 11 is 0. The molecule has 8 heteroatoms. The normalized spacial score (nSPS) is 21.2. The van der Waals surface area contributed by atoms with Gasteiger partial charge in [-0.2, -0.15) is 0 Å². The zero-order chi connectivity index (χ0) is 21.3. The molecule has 0 heterocycles. The van der Waals surface area contributed by atoms with Gasteiger partial charge in [-0.3, -0.25) is 0 Å². The number of hydrogen-bond acceptors (Lipinski definition) is 0. The average Bonchev–Trinajstić information content (AvgIpc) is 3.25. The Balaban J connectivity index is 0.000000345. The molecule has 3 rings (SSSR count). The molecule has 0 nitrogen and oxygen atoms in total. The predicted molar refractivity (Wildman–Crippen MR) is 133 cm³/mol. The Morgan fingerprint density at radius 2 is 1.21 bits per heavy atom. The number of hydrogen-bond donors (Lipinski definition) is 0. The van der Waals surface area contributed by atoms with Crippen LogP contribution in [0.4, 0.5) is 0 Å². The Bertz CT molecular complexity index is 805. The van der Waals surface area contributed by atoms with Gasteiger partial charge < -0.3 is 0 Å². The van der Waals surface area contributed by atoms with Crippen LogP contribution in [0.3, 0.4) is 0 Å². The van der Waals surface area contributed by atoms with Crippen molar-refractivity contribution in [3.05, 3.63) is 77.7 Å². The van der Waals surface area contributed by atoms with Gasteiger partial charge in [0.2, 0.25) is 0 Å². The molecule has 2 aromatic carbocycles. The van der Waals surface area contributed by atoms with Crippen LogP contribution in [0.1, 0.15) is 17.0 Å². The topological polar surface area (TPSA) is 0 Å². The summed E-state index contributed by atoms with van der Waals surface area (Å²) in [6, 6.07) is 21.5. The molecule has 0 amide bonds. The van der Waals surface area contributed by atoms with Crippen LogP contribution in [0, 0.1) is 23.3 Å². The quantitative estimate of drug-likeness (QED) is 0.178. The molecule has 0 aliphatic heterocycles. The molecular weight excluding hydrogens is 603 g/mol. The third-order valence-electron chi connectivity index (χ3n) is 3.76. The first-order valence-corrected chi connectivity index (χ1v) is 31.5. The molecule has 0 N–H and O–H groups in total. The number of rotatable bonds is 2. The number of benzene rings is 2. The fraction of sp³-hybridized carbons (Fsp3) is 0.250. The molecule has 0 aromatic heterocycles. The zero-order valence-corrected chi connectivity index (χ0v) is 23.7. The van der Waals surface area contributed by atoms with Crippen LogP contribution in [-0.4, -0.2) is 17.2 Å². The third kappa shape index (κ3) is 10.6. The molecule has 1 saturated carbocycles. The summed E-state index contributed by atoms with van der Waals surface area (Å²) in [5, 5.41) is 0. The van der Waals surface area contributed by atoms with Crippen LogP contribution in [-0.2, 0) is 0 Å². The van der Waals surface area contributed by atoms with Crippen molar-refractivity contribution in [2.45, 2.75) is 25.6 Å². The van der Waals surface area contributed by atoms with E-state index < -0.39 is 17.2 Å². The zero-order valence-electron chi connectivity index (χ0n) is 15.6. The van der Waals surface area contributed by atoms with Crippen LogP contribution >= 0.6 is 53.0 Å². The van der Waals surface area contributed by atoms with Crippen molar-refractivity contribution in [2.24, 2.45) is 5.92 Å². The summed E-state index contributed by atoms with van der Waals surface area (Å²) < 4.78 is 0. The summed E-state index contributed by atoms with van der Waals surface area (Å²) in [6.07, 6.45) is 0. The standard InChI is InChI=1S/C20H21Si.6ClH.Sb/c1-21(2,3)15-14-18-19(16-10-6-4-7-11-16)20(18)17-12-8-5-9-13-17;;;;;;;/h4-13,18-19H,1-3H3;6*1H;/q+1;;;;;;;+5/p-6. The van der Waals surface area contributed by atoms with E-state index in [1.807, 2.05) is 0 Å². The molecule has 2 unspecified atom stereocenters. The Morgan fingerprint density at radius 1 is 0.786 bits per heavy atom. The summed E-state index contributed by atoms with van der Waals surface area (Å²) in [5.41, 5.74) is 6.29. The van der Waals surface area contributed by atoms with Crippen LogP contribution in [0.25, 0.3) is 0 Å². The van der Waals surface area contributed by atoms with Gasteiger partial charge >= 0.3 is 62.1 Å². The van der Waals surface area contributed by atoms with Crippen LogP contribution in [0.15, 0.2) is 60.7 Å². The Kier molecular flexibility index (Phi) is 7.38. The fourth-order valence-electron chi connectivity index (χ4n) is 2.74. The summed E-state index contributed by atoms with van der Waals surface area (Å²) in [4.78, 5) is 0. The van der Waals surface area contributed by atoms with E-state index in [0.717, 1.165) is 0 Å². The third-order valence-corrected chi connectivity index (χ3v) is 4.66. The predicted octanol–water partition coefficient (Wildman–Crippen LogP) is 8.66. The Hall–Kier alpha value is 0.645. The summed E-state index contributed by atoms with van der Waals surface area (Å²) in [6.45, 7) is 6.92. The van der Waals surface area contributed by atoms with E-state index in [0.29, 0.717) is 11.8 Å². The first-order valence-electron chi connectivity index (χ1n) is 8.57. The van der Waals surface area contributed by atoms with E-state index in [9.17, 15) is 0 Å². The molecular formula is C20H21Cl6SbSi. The van der Waals surface area contributed by atoms with E-state index in [2.05, 4.69) is 91.8 Å². The van der Waals surface area contributed by atoms with Gasteiger partial charge in [0.15, 0.2) is 0 Å². The van der Waals surface area contributed by atoms with Crippen molar-refractivity contribution in [2.75, 3.05) is 0 Å². The van der Waals surface area contributed by atoms with E-state index in [4.69, 9.17) is 53.0 Å². The minimum atomic E-state index is -5.42. The molecule has 152 valence electrons. The van der Waals surface area contributed by atoms with Crippen molar-refractivity contribution < 1.29 is 0 Å². The second-order valence-electron chi connectivity index (χ2n) is 7.67. The molecule has 2 aromatic rings. The summed E-state index contributed by atoms with van der Waals surface area (Å²) in [7, 11) is 23.7. The van der Waals surface area contributed by atoms with Gasteiger partial charge in [0.05, 0.1) is 11.8 Å². The van der Waals surface area contributed by atoms with Gasteiger partial charge in [-0.1, -0.05) is 55.9 Å². The van der Waals surface area contributed by atoms with E-state index in [1.165, 1.54) is 17.0 Å². The SMILES string of the molecule is C[Si](C)(C)C#CC1[C+](c2ccccc2)C1c1ccccc1.[Cl][Sb-]([Cl])([Cl])([Cl])([Cl])[Cl]. The second-order valence-corrected chi connectivity index (χ2v) is 69.3. The van der Waals surface area contributed by atoms with Crippen LogP contribution < -0.4 is 0 Å². The Morgan fingerprint density at radius 3 is 1.64 bits per heavy atom. The van der Waals surface area contributed by atoms with Gasteiger partial charge in [0, 0.05) is 12.1 Å². The molecule has 0 saturated heterocycles. The maximum atomic E-state index is 5.06. The van der Waals surface area contributed by atoms with Crippen molar-refractivity contribution in [3.63, 3.8) is 0 Å². The summed E-state index contributed by atoms with van der Waals surface area (Å²) in [5.74, 6) is 5.95. The molecule has 0 radical (unpaired) electrons. The van der Waals surface area contributed by atoms with Gasteiger partial charge in [0.1, 0.15) is 19.6 Å². The first kappa shape index (κ1) is 24.9.